The van der Waals surface area contributed by atoms with Crippen LogP contribution in [0.3, 0.4) is 0 Å². The minimum Gasteiger partial charge on any atom is -0.481 e. The molecule has 1 N–H and O–H groups in total. The summed E-state index contributed by atoms with van der Waals surface area (Å²) >= 11 is 0. The highest BCUT2D eigenvalue weighted by Crippen LogP contribution is 2.17. The molecule has 1 unspecified atom stereocenters. The summed E-state index contributed by atoms with van der Waals surface area (Å²) in [7, 11) is 0. The highest BCUT2D eigenvalue weighted by molar-refractivity contribution is 5.69. The molecular formula is C28H52O4. The van der Waals surface area contributed by atoms with Crippen LogP contribution in [0.2, 0.25) is 0 Å². The maximum atomic E-state index is 12.2. The van der Waals surface area contributed by atoms with Crippen molar-refractivity contribution in [3.63, 3.8) is 0 Å². The van der Waals surface area contributed by atoms with Crippen molar-refractivity contribution in [2.24, 2.45) is 0 Å². The first-order valence-electron chi connectivity index (χ1n) is 13.7. The third kappa shape index (κ3) is 23.3. The zero-order chi connectivity index (χ0) is 23.7. The molecule has 0 spiro atoms. The van der Waals surface area contributed by atoms with Crippen molar-refractivity contribution >= 4 is 11.9 Å². The Bertz CT molecular complexity index is 458. The molecule has 0 amide bonds. The number of rotatable bonds is 24. The van der Waals surface area contributed by atoms with E-state index in [2.05, 4.69) is 26.0 Å². The predicted octanol–water partition coefficient (Wildman–Crippen LogP) is 8.77. The lowest BCUT2D eigenvalue weighted by Crippen LogP contribution is -2.18. The van der Waals surface area contributed by atoms with Gasteiger partial charge in [0.2, 0.25) is 0 Å². The van der Waals surface area contributed by atoms with Crippen LogP contribution in [0.15, 0.2) is 12.2 Å². The predicted molar refractivity (Wildman–Crippen MR) is 135 cm³/mol. The Hall–Kier alpha value is -1.32. The molecule has 1 atom stereocenters. The molecule has 0 fully saturated rings. The Kier molecular flexibility index (Phi) is 23.3. The lowest BCUT2D eigenvalue weighted by Gasteiger charge is -2.18. The second-order valence-electron chi connectivity index (χ2n) is 9.23. The number of esters is 1. The maximum absolute atomic E-state index is 12.2. The van der Waals surface area contributed by atoms with E-state index in [0.29, 0.717) is 6.42 Å². The Labute approximate surface area is 198 Å². The van der Waals surface area contributed by atoms with Crippen LogP contribution in [0.25, 0.3) is 0 Å². The Morgan fingerprint density at radius 3 is 1.84 bits per heavy atom. The van der Waals surface area contributed by atoms with Crippen LogP contribution in [-0.2, 0) is 14.3 Å². The lowest BCUT2D eigenvalue weighted by molar-refractivity contribution is -0.150. The number of carbonyl (C=O) groups excluding carboxylic acids is 1. The summed E-state index contributed by atoms with van der Waals surface area (Å²) in [5.41, 5.74) is 0. The standard InChI is InChI=1S/C28H52O4/c1-3-5-7-8-9-10-11-12-13-15-19-22-26(32-28(31)25-18-6-4-2)23-20-16-14-17-21-24-27(29)30/h12-13,26H,3-11,14-25H2,1-2H3,(H,29,30)/b13-12-. The van der Waals surface area contributed by atoms with Crippen LogP contribution in [0.5, 0.6) is 0 Å². The fraction of sp³-hybridized carbons (Fsp3) is 0.857. The van der Waals surface area contributed by atoms with Gasteiger partial charge in [-0.15, -0.1) is 0 Å². The molecule has 0 rings (SSSR count). The van der Waals surface area contributed by atoms with Crippen LogP contribution in [0.1, 0.15) is 149 Å². The van der Waals surface area contributed by atoms with E-state index in [1.54, 1.807) is 0 Å². The number of aliphatic carboxylic acids is 1. The van der Waals surface area contributed by atoms with E-state index in [-0.39, 0.29) is 18.5 Å². The fourth-order valence-corrected chi connectivity index (χ4v) is 3.95. The number of hydrogen-bond acceptors (Lipinski definition) is 3. The SMILES string of the molecule is CCCCCCCC/C=C\CCCC(CCCCCCCC(=O)O)OC(=O)CCCCC. The van der Waals surface area contributed by atoms with Gasteiger partial charge >= 0.3 is 11.9 Å². The molecule has 4 heteroatoms. The van der Waals surface area contributed by atoms with Gasteiger partial charge in [0.1, 0.15) is 6.10 Å². The molecule has 0 bridgehead atoms. The number of carbonyl (C=O) groups is 2. The van der Waals surface area contributed by atoms with Crippen molar-refractivity contribution in [1.82, 2.24) is 0 Å². The van der Waals surface area contributed by atoms with E-state index in [9.17, 15) is 9.59 Å². The van der Waals surface area contributed by atoms with Gasteiger partial charge < -0.3 is 9.84 Å². The van der Waals surface area contributed by atoms with Gasteiger partial charge in [0.25, 0.3) is 0 Å². The number of unbranched alkanes of at least 4 members (excludes halogenated alkanes) is 13. The first kappa shape index (κ1) is 30.7. The highest BCUT2D eigenvalue weighted by atomic mass is 16.5. The molecule has 0 aromatic carbocycles. The van der Waals surface area contributed by atoms with E-state index in [1.165, 1.54) is 44.9 Å². The van der Waals surface area contributed by atoms with Gasteiger partial charge in [-0.1, -0.05) is 90.2 Å². The topological polar surface area (TPSA) is 63.6 Å². The van der Waals surface area contributed by atoms with E-state index >= 15 is 0 Å². The number of carboxylic acid groups (broad SMARTS) is 1. The van der Waals surface area contributed by atoms with Gasteiger partial charge in [-0.2, -0.15) is 0 Å². The first-order chi connectivity index (χ1) is 15.6. The smallest absolute Gasteiger partial charge is 0.306 e. The fourth-order valence-electron chi connectivity index (χ4n) is 3.95. The molecule has 0 aromatic heterocycles. The summed E-state index contributed by atoms with van der Waals surface area (Å²) in [5.74, 6) is -0.746. The molecule has 0 aliphatic carbocycles. The third-order valence-corrected chi connectivity index (χ3v) is 5.99. The van der Waals surface area contributed by atoms with E-state index in [4.69, 9.17) is 9.84 Å². The summed E-state index contributed by atoms with van der Waals surface area (Å²) in [4.78, 5) is 22.7. The molecule has 188 valence electrons. The van der Waals surface area contributed by atoms with E-state index in [1.807, 2.05) is 0 Å². The normalized spacial score (nSPS) is 12.3. The van der Waals surface area contributed by atoms with Gasteiger partial charge in [0, 0.05) is 12.8 Å². The van der Waals surface area contributed by atoms with Crippen molar-refractivity contribution in [2.45, 2.75) is 155 Å². The van der Waals surface area contributed by atoms with Crippen LogP contribution < -0.4 is 0 Å². The highest BCUT2D eigenvalue weighted by Gasteiger charge is 2.14. The van der Waals surface area contributed by atoms with Crippen molar-refractivity contribution in [3.05, 3.63) is 12.2 Å². The molecule has 0 saturated heterocycles. The van der Waals surface area contributed by atoms with Crippen molar-refractivity contribution in [3.8, 4) is 0 Å². The van der Waals surface area contributed by atoms with Crippen LogP contribution in [-0.4, -0.2) is 23.1 Å². The summed E-state index contributed by atoms with van der Waals surface area (Å²) in [5, 5.41) is 8.70. The van der Waals surface area contributed by atoms with Gasteiger partial charge in [0.05, 0.1) is 0 Å². The molecular weight excluding hydrogens is 400 g/mol. The second-order valence-corrected chi connectivity index (χ2v) is 9.23. The van der Waals surface area contributed by atoms with Crippen LogP contribution in [0.4, 0.5) is 0 Å². The van der Waals surface area contributed by atoms with E-state index < -0.39 is 5.97 Å². The molecule has 0 saturated carbocycles. The second kappa shape index (κ2) is 24.3. The van der Waals surface area contributed by atoms with Gasteiger partial charge in [-0.25, -0.2) is 0 Å². The van der Waals surface area contributed by atoms with Crippen molar-refractivity contribution in [1.29, 1.82) is 0 Å². The average Bonchev–Trinajstić information content (AvgIpc) is 2.76. The van der Waals surface area contributed by atoms with Crippen LogP contribution in [0, 0.1) is 0 Å². The van der Waals surface area contributed by atoms with Gasteiger partial charge in [0.15, 0.2) is 0 Å². The van der Waals surface area contributed by atoms with Gasteiger partial charge in [-0.3, -0.25) is 9.59 Å². The summed E-state index contributed by atoms with van der Waals surface area (Å²) in [6, 6.07) is 0. The molecule has 32 heavy (non-hydrogen) atoms. The number of allylic oxidation sites excluding steroid dienone is 2. The molecule has 0 radical (unpaired) electrons. The van der Waals surface area contributed by atoms with Crippen molar-refractivity contribution < 1.29 is 19.4 Å². The number of carboxylic acids is 1. The molecule has 0 aromatic rings. The van der Waals surface area contributed by atoms with E-state index in [0.717, 1.165) is 77.0 Å². The number of ether oxygens (including phenoxy) is 1. The quantitative estimate of drug-likeness (QED) is 0.0902. The molecule has 0 aliphatic heterocycles. The summed E-state index contributed by atoms with van der Waals surface area (Å²) in [6.45, 7) is 4.40. The average molecular weight is 453 g/mol. The first-order valence-corrected chi connectivity index (χ1v) is 13.7. The minimum absolute atomic E-state index is 0.0371. The largest absolute Gasteiger partial charge is 0.481 e. The molecule has 4 nitrogen and oxygen atoms in total. The Balaban J connectivity index is 4.03. The zero-order valence-electron chi connectivity index (χ0n) is 21.3. The monoisotopic (exact) mass is 452 g/mol. The molecule has 0 heterocycles. The summed E-state index contributed by atoms with van der Waals surface area (Å²) < 4.78 is 5.81. The van der Waals surface area contributed by atoms with Crippen LogP contribution >= 0.6 is 0 Å². The van der Waals surface area contributed by atoms with Crippen molar-refractivity contribution in [2.75, 3.05) is 0 Å². The maximum Gasteiger partial charge on any atom is 0.306 e. The third-order valence-electron chi connectivity index (χ3n) is 5.99. The Morgan fingerprint density at radius 2 is 1.16 bits per heavy atom. The number of hydrogen-bond donors (Lipinski definition) is 1. The molecule has 0 aliphatic rings. The zero-order valence-corrected chi connectivity index (χ0v) is 21.3. The van der Waals surface area contributed by atoms with Gasteiger partial charge in [-0.05, 0) is 57.8 Å². The Morgan fingerprint density at radius 1 is 0.656 bits per heavy atom. The minimum atomic E-state index is -0.707. The summed E-state index contributed by atoms with van der Waals surface area (Å²) in [6.07, 6.45) is 26.8. The lowest BCUT2D eigenvalue weighted by atomic mass is 10.0.